The number of carbonyl (C=O) groups excluding carboxylic acids is 2. The number of carboxylic acid groups (broad SMARTS) is 2. The average molecular weight is 581 g/mol. The summed E-state index contributed by atoms with van der Waals surface area (Å²) in [5.41, 5.74) is 3.86. The van der Waals surface area contributed by atoms with Crippen LogP contribution in [0.4, 0.5) is 26.3 Å². The molecule has 0 aliphatic rings. The maximum absolute atomic E-state index is 10.6. The summed E-state index contributed by atoms with van der Waals surface area (Å²) in [7, 11) is 0. The zero-order valence-corrected chi connectivity index (χ0v) is 21.2. The van der Waals surface area contributed by atoms with Gasteiger partial charge in [0.2, 0.25) is 0 Å². The molecule has 2 aromatic carbocycles. The normalized spacial score (nSPS) is 10.8. The molecule has 0 aliphatic carbocycles. The largest absolute Gasteiger partial charge is 0.490 e. The number of aliphatic carboxylic acids is 2. The monoisotopic (exact) mass is 580 g/mol. The lowest BCUT2D eigenvalue weighted by Gasteiger charge is -2.07. The number of hydrogen-bond acceptors (Lipinski definition) is 6. The van der Waals surface area contributed by atoms with Gasteiger partial charge in [-0.1, -0.05) is 61.4 Å². The number of benzene rings is 2. The summed E-state index contributed by atoms with van der Waals surface area (Å²) < 4.78 is 63.5. The number of carbonyl (C=O) groups is 4. The van der Waals surface area contributed by atoms with Gasteiger partial charge in [-0.05, 0) is 37.1 Å². The lowest BCUT2D eigenvalue weighted by atomic mass is 10.1. The van der Waals surface area contributed by atoms with E-state index >= 15 is 0 Å². The van der Waals surface area contributed by atoms with Gasteiger partial charge in [0.1, 0.15) is 12.6 Å². The first-order valence-corrected chi connectivity index (χ1v) is 11.8. The molecule has 0 atom stereocenters. The predicted octanol–water partition coefficient (Wildman–Crippen LogP) is 5.02. The molecule has 0 amide bonds. The average Bonchev–Trinajstić information content (AvgIpc) is 2.90. The van der Waals surface area contributed by atoms with Crippen LogP contribution in [0, 0.1) is 0 Å². The van der Waals surface area contributed by atoms with Crippen molar-refractivity contribution in [3.8, 4) is 0 Å². The Morgan fingerprint density at radius 2 is 0.875 bits per heavy atom. The van der Waals surface area contributed by atoms with Crippen LogP contribution >= 0.6 is 0 Å². The molecule has 8 nitrogen and oxygen atoms in total. The molecule has 0 unspecified atom stereocenters. The van der Waals surface area contributed by atoms with Gasteiger partial charge in [-0.25, -0.2) is 9.59 Å². The summed E-state index contributed by atoms with van der Waals surface area (Å²) in [6.07, 6.45) is -3.61. The molecule has 0 heterocycles. The van der Waals surface area contributed by atoms with Crippen LogP contribution in [0.2, 0.25) is 0 Å². The number of hydrogen-bond donors (Lipinski definition) is 4. The first-order chi connectivity index (χ1) is 18.7. The Bertz CT molecular complexity index is 942. The maximum atomic E-state index is 10.6. The van der Waals surface area contributed by atoms with Gasteiger partial charge in [0.05, 0.1) is 0 Å². The van der Waals surface area contributed by atoms with E-state index in [1.807, 2.05) is 48.5 Å². The lowest BCUT2D eigenvalue weighted by molar-refractivity contribution is -0.193. The molecule has 0 radical (unpaired) electrons. The van der Waals surface area contributed by atoms with Gasteiger partial charge in [-0.2, -0.15) is 26.3 Å². The third-order valence-corrected chi connectivity index (χ3v) is 4.83. The zero-order valence-electron chi connectivity index (χ0n) is 21.2. The lowest BCUT2D eigenvalue weighted by Crippen LogP contribution is -2.21. The molecule has 14 heteroatoms. The minimum atomic E-state index is -5.08. The van der Waals surface area contributed by atoms with Gasteiger partial charge in [-0.15, -0.1) is 0 Å². The summed E-state index contributed by atoms with van der Waals surface area (Å²) in [5, 5.41) is 21.1. The number of rotatable bonds is 13. The van der Waals surface area contributed by atoms with Crippen molar-refractivity contribution in [2.24, 2.45) is 0 Å². The van der Waals surface area contributed by atoms with E-state index in [0.717, 1.165) is 49.9 Å². The van der Waals surface area contributed by atoms with Gasteiger partial charge in [-0.3, -0.25) is 9.59 Å². The second-order valence-corrected chi connectivity index (χ2v) is 8.09. The van der Waals surface area contributed by atoms with Crippen LogP contribution in [-0.4, -0.2) is 60.2 Å². The van der Waals surface area contributed by atoms with E-state index < -0.39 is 24.3 Å². The Hall–Kier alpha value is -3.78. The molecule has 0 saturated carbocycles. The Morgan fingerprint density at radius 1 is 0.600 bits per heavy atom. The number of halogens is 6. The molecule has 40 heavy (non-hydrogen) atoms. The molecule has 222 valence electrons. The summed E-state index contributed by atoms with van der Waals surface area (Å²) in [6, 6.07) is 15.4. The molecule has 2 aromatic rings. The van der Waals surface area contributed by atoms with Crippen molar-refractivity contribution < 1.29 is 55.7 Å². The van der Waals surface area contributed by atoms with E-state index in [2.05, 4.69) is 10.6 Å². The van der Waals surface area contributed by atoms with Gasteiger partial charge < -0.3 is 20.8 Å². The Morgan fingerprint density at radius 3 is 1.10 bits per heavy atom. The fourth-order valence-corrected chi connectivity index (χ4v) is 2.75. The molecule has 0 fully saturated rings. The van der Waals surface area contributed by atoms with E-state index in [1.165, 1.54) is 36.8 Å². The minimum absolute atomic E-state index is 0.723. The molecule has 0 aromatic heterocycles. The van der Waals surface area contributed by atoms with Crippen LogP contribution in [0.15, 0.2) is 48.5 Å². The number of aldehydes is 2. The number of unbranched alkanes of at least 4 members (excludes halogenated alkanes) is 3. The van der Waals surface area contributed by atoms with Crippen LogP contribution in [0.1, 0.15) is 57.5 Å². The Labute approximate surface area is 226 Å². The third-order valence-electron chi connectivity index (χ3n) is 4.83. The molecule has 0 spiro atoms. The SMILES string of the molecule is O=C(O)C(F)(F)F.O=C(O)C(F)(F)F.O=Cc1ccc(CNCCCCCCNCc2ccc(C=O)cc2)cc1. The van der Waals surface area contributed by atoms with Crippen molar-refractivity contribution in [3.05, 3.63) is 70.8 Å². The Kier molecular flexibility index (Phi) is 17.5. The number of carboxylic acids is 2. The van der Waals surface area contributed by atoms with Crippen LogP contribution in [0.3, 0.4) is 0 Å². The van der Waals surface area contributed by atoms with Crippen molar-refractivity contribution in [2.75, 3.05) is 13.1 Å². The summed E-state index contributed by atoms with van der Waals surface area (Å²) >= 11 is 0. The topological polar surface area (TPSA) is 133 Å². The van der Waals surface area contributed by atoms with E-state index in [9.17, 15) is 35.9 Å². The second-order valence-electron chi connectivity index (χ2n) is 8.09. The fraction of sp³-hybridized carbons (Fsp3) is 0.385. The number of nitrogens with one attached hydrogen (secondary N) is 2. The van der Waals surface area contributed by atoms with Gasteiger partial charge in [0.15, 0.2) is 0 Å². The van der Waals surface area contributed by atoms with E-state index in [1.54, 1.807) is 0 Å². The van der Waals surface area contributed by atoms with Gasteiger partial charge >= 0.3 is 24.3 Å². The van der Waals surface area contributed by atoms with Crippen molar-refractivity contribution in [1.82, 2.24) is 10.6 Å². The maximum Gasteiger partial charge on any atom is 0.490 e. The summed E-state index contributed by atoms with van der Waals surface area (Å²) in [4.78, 5) is 39.0. The van der Waals surface area contributed by atoms with E-state index in [0.29, 0.717) is 0 Å². The third kappa shape index (κ3) is 18.5. The molecule has 0 saturated heterocycles. The summed E-state index contributed by atoms with van der Waals surface area (Å²) in [5.74, 6) is -5.51. The molecule has 0 bridgehead atoms. The van der Waals surface area contributed by atoms with Crippen molar-refractivity contribution in [2.45, 2.75) is 51.1 Å². The fourth-order valence-electron chi connectivity index (χ4n) is 2.75. The molecular weight excluding hydrogens is 550 g/mol. The quantitative estimate of drug-likeness (QED) is 0.148. The minimum Gasteiger partial charge on any atom is -0.475 e. The first-order valence-electron chi connectivity index (χ1n) is 11.8. The smallest absolute Gasteiger partial charge is 0.475 e. The van der Waals surface area contributed by atoms with E-state index in [-0.39, 0.29) is 0 Å². The second kappa shape index (κ2) is 19.3. The van der Waals surface area contributed by atoms with Crippen LogP contribution in [0.5, 0.6) is 0 Å². The number of alkyl halides is 6. The highest BCUT2D eigenvalue weighted by molar-refractivity contribution is 5.75. The van der Waals surface area contributed by atoms with Crippen LogP contribution in [0.25, 0.3) is 0 Å². The first kappa shape index (κ1) is 36.2. The van der Waals surface area contributed by atoms with E-state index in [4.69, 9.17) is 19.8 Å². The zero-order chi connectivity index (χ0) is 30.6. The molecule has 4 N–H and O–H groups in total. The van der Waals surface area contributed by atoms with Crippen molar-refractivity contribution >= 4 is 24.5 Å². The highest BCUT2D eigenvalue weighted by atomic mass is 19.4. The van der Waals surface area contributed by atoms with Crippen molar-refractivity contribution in [1.29, 1.82) is 0 Å². The molecule has 0 aliphatic heterocycles. The van der Waals surface area contributed by atoms with Gasteiger partial charge in [0.25, 0.3) is 0 Å². The molecular formula is C26H30F6N2O6. The standard InChI is InChI=1S/C22H28N2O2.2C2HF3O2/c25-17-21-9-5-19(6-10-21)15-23-13-3-1-2-4-14-24-16-20-7-11-22(18-26)12-8-20;2*3-2(4,5)1(6)7/h5-12,17-18,23-24H,1-4,13-16H2;2*(H,6,7). The highest BCUT2D eigenvalue weighted by Gasteiger charge is 2.38. The van der Waals surface area contributed by atoms with Crippen LogP contribution < -0.4 is 10.6 Å². The molecule has 2 rings (SSSR count). The Balaban J connectivity index is 0.000000894. The summed E-state index contributed by atoms with van der Waals surface area (Å²) in [6.45, 7) is 3.74. The highest BCUT2D eigenvalue weighted by Crippen LogP contribution is 2.13. The van der Waals surface area contributed by atoms with Crippen molar-refractivity contribution in [3.63, 3.8) is 0 Å². The predicted molar refractivity (Wildman–Crippen MR) is 133 cm³/mol. The van der Waals surface area contributed by atoms with Gasteiger partial charge in [0, 0.05) is 24.2 Å². The van der Waals surface area contributed by atoms with Crippen LogP contribution in [-0.2, 0) is 22.7 Å².